The van der Waals surface area contributed by atoms with Crippen LogP contribution in [0.4, 0.5) is 0 Å². The van der Waals surface area contributed by atoms with Crippen LogP contribution in [0.15, 0.2) is 24.3 Å². The molecule has 3 saturated carbocycles. The first-order chi connectivity index (χ1) is 5.87. The summed E-state index contributed by atoms with van der Waals surface area (Å²) in [6.07, 6.45) is 16.0. The van der Waals surface area contributed by atoms with E-state index in [0.29, 0.717) is 10.8 Å². The predicted octanol–water partition coefficient (Wildman–Crippen LogP) is 2.92. The van der Waals surface area contributed by atoms with Gasteiger partial charge in [-0.3, -0.25) is 0 Å². The summed E-state index contributed by atoms with van der Waals surface area (Å²) in [5, 5.41) is 0. The first-order valence-electron chi connectivity index (χ1n) is 5.28. The van der Waals surface area contributed by atoms with E-state index in [2.05, 4.69) is 24.3 Å². The first kappa shape index (κ1) is 6.01. The van der Waals surface area contributed by atoms with Crippen molar-refractivity contribution in [3.8, 4) is 0 Å². The highest BCUT2D eigenvalue weighted by Gasteiger charge is 2.67. The highest BCUT2D eigenvalue weighted by molar-refractivity contribution is 5.50. The number of allylic oxidation sites excluding steroid dienone is 4. The monoisotopic (exact) mass is 158 g/mol. The molecule has 3 fully saturated rings. The molecule has 0 radical (unpaired) electrons. The molecule has 2 bridgehead atoms. The Morgan fingerprint density at radius 3 is 1.17 bits per heavy atom. The summed E-state index contributed by atoms with van der Waals surface area (Å²) < 4.78 is 0. The standard InChI is InChI=1S/C12H14/c1-2-10-4-3-9(1)11-5-7-12(10,11)8-6-11/h5-10H,1-4H2. The molecule has 0 aromatic heterocycles. The van der Waals surface area contributed by atoms with Crippen molar-refractivity contribution >= 4 is 0 Å². The lowest BCUT2D eigenvalue weighted by molar-refractivity contribution is -0.0702. The van der Waals surface area contributed by atoms with E-state index in [-0.39, 0.29) is 0 Å². The van der Waals surface area contributed by atoms with Gasteiger partial charge >= 0.3 is 0 Å². The highest BCUT2D eigenvalue weighted by Crippen LogP contribution is 2.75. The van der Waals surface area contributed by atoms with E-state index in [4.69, 9.17) is 0 Å². The van der Waals surface area contributed by atoms with Crippen LogP contribution in [0.3, 0.4) is 0 Å². The maximum atomic E-state index is 2.49. The fourth-order valence-corrected chi connectivity index (χ4v) is 4.35. The molecule has 0 unspecified atom stereocenters. The Bertz CT molecular complexity index is 256. The van der Waals surface area contributed by atoms with Crippen LogP contribution in [-0.4, -0.2) is 0 Å². The van der Waals surface area contributed by atoms with Gasteiger partial charge in [0.25, 0.3) is 0 Å². The fraction of sp³-hybridized carbons (Fsp3) is 0.667. The van der Waals surface area contributed by atoms with Gasteiger partial charge in [0.1, 0.15) is 0 Å². The summed E-state index contributed by atoms with van der Waals surface area (Å²) in [6, 6.07) is 0. The zero-order chi connectivity index (χ0) is 7.81. The van der Waals surface area contributed by atoms with Crippen molar-refractivity contribution < 1.29 is 0 Å². The molecule has 0 aliphatic heterocycles. The van der Waals surface area contributed by atoms with Crippen LogP contribution in [0.25, 0.3) is 0 Å². The van der Waals surface area contributed by atoms with Crippen LogP contribution >= 0.6 is 0 Å². The summed E-state index contributed by atoms with van der Waals surface area (Å²) in [6.45, 7) is 0. The minimum atomic E-state index is 0.591. The lowest BCUT2D eigenvalue weighted by Crippen LogP contribution is -2.63. The van der Waals surface area contributed by atoms with Gasteiger partial charge in [0.05, 0.1) is 0 Å². The first-order valence-corrected chi connectivity index (χ1v) is 5.28. The van der Waals surface area contributed by atoms with Crippen molar-refractivity contribution in [1.29, 1.82) is 0 Å². The summed E-state index contributed by atoms with van der Waals surface area (Å²) in [5.41, 5.74) is 1.18. The van der Waals surface area contributed by atoms with E-state index in [1.165, 1.54) is 25.7 Å². The summed E-state index contributed by atoms with van der Waals surface area (Å²) >= 11 is 0. The number of hydrogen-bond donors (Lipinski definition) is 0. The molecule has 0 amide bonds. The van der Waals surface area contributed by atoms with Gasteiger partial charge in [0, 0.05) is 10.8 Å². The maximum absolute atomic E-state index is 2.49. The van der Waals surface area contributed by atoms with Gasteiger partial charge in [0.15, 0.2) is 0 Å². The van der Waals surface area contributed by atoms with Gasteiger partial charge in [-0.25, -0.2) is 0 Å². The summed E-state index contributed by atoms with van der Waals surface area (Å²) in [4.78, 5) is 0. The molecule has 0 aromatic rings. The van der Waals surface area contributed by atoms with Crippen LogP contribution in [0.5, 0.6) is 0 Å². The van der Waals surface area contributed by atoms with E-state index >= 15 is 0 Å². The van der Waals surface area contributed by atoms with Gasteiger partial charge in [-0.15, -0.1) is 0 Å². The molecule has 5 aliphatic carbocycles. The predicted molar refractivity (Wildman–Crippen MR) is 48.6 cm³/mol. The third-order valence-corrected chi connectivity index (χ3v) is 5.10. The lowest BCUT2D eigenvalue weighted by Gasteiger charge is -2.70. The van der Waals surface area contributed by atoms with Crippen LogP contribution in [0.2, 0.25) is 0 Å². The molecular weight excluding hydrogens is 144 g/mol. The molecule has 12 heavy (non-hydrogen) atoms. The lowest BCUT2D eigenvalue weighted by atomic mass is 9.33. The van der Waals surface area contributed by atoms with E-state index in [9.17, 15) is 0 Å². The van der Waals surface area contributed by atoms with Crippen molar-refractivity contribution in [2.24, 2.45) is 22.7 Å². The van der Waals surface area contributed by atoms with Crippen molar-refractivity contribution in [3.05, 3.63) is 24.3 Å². The number of fused-ring (bicyclic) bond motifs is 2. The molecule has 0 saturated heterocycles. The van der Waals surface area contributed by atoms with Gasteiger partial charge in [0.2, 0.25) is 0 Å². The van der Waals surface area contributed by atoms with Gasteiger partial charge in [-0.2, -0.15) is 0 Å². The van der Waals surface area contributed by atoms with Crippen molar-refractivity contribution in [2.75, 3.05) is 0 Å². The minimum Gasteiger partial charge on any atom is -0.0762 e. The molecule has 0 heteroatoms. The van der Waals surface area contributed by atoms with Crippen LogP contribution in [0, 0.1) is 22.7 Å². The Hall–Kier alpha value is -0.520. The zero-order valence-corrected chi connectivity index (χ0v) is 7.29. The van der Waals surface area contributed by atoms with Crippen LogP contribution in [0.1, 0.15) is 25.7 Å². The quantitative estimate of drug-likeness (QED) is 0.475. The van der Waals surface area contributed by atoms with Crippen LogP contribution in [-0.2, 0) is 0 Å². The second-order valence-corrected chi connectivity index (χ2v) is 5.08. The Morgan fingerprint density at radius 2 is 1.00 bits per heavy atom. The fourth-order valence-electron chi connectivity index (χ4n) is 4.35. The van der Waals surface area contributed by atoms with Gasteiger partial charge in [-0.1, -0.05) is 24.3 Å². The van der Waals surface area contributed by atoms with Crippen molar-refractivity contribution in [2.45, 2.75) is 25.7 Å². The Labute approximate surface area is 73.4 Å². The van der Waals surface area contributed by atoms with Crippen LogP contribution < -0.4 is 0 Å². The highest BCUT2D eigenvalue weighted by atomic mass is 14.7. The number of rotatable bonds is 0. The minimum absolute atomic E-state index is 0.591. The van der Waals surface area contributed by atoms with E-state index < -0.39 is 0 Å². The summed E-state index contributed by atoms with van der Waals surface area (Å²) in [7, 11) is 0. The van der Waals surface area contributed by atoms with E-state index in [1.807, 2.05) is 0 Å². The van der Waals surface area contributed by atoms with Gasteiger partial charge < -0.3 is 0 Å². The van der Waals surface area contributed by atoms with Crippen molar-refractivity contribution in [3.63, 3.8) is 0 Å². The summed E-state index contributed by atoms with van der Waals surface area (Å²) in [5.74, 6) is 2.02. The largest absolute Gasteiger partial charge is 0.0762 e. The van der Waals surface area contributed by atoms with E-state index in [0.717, 1.165) is 11.8 Å². The maximum Gasteiger partial charge on any atom is 0.0218 e. The van der Waals surface area contributed by atoms with Gasteiger partial charge in [-0.05, 0) is 37.5 Å². The molecular formula is C12H14. The zero-order valence-electron chi connectivity index (χ0n) is 7.29. The Kier molecular flexibility index (Phi) is 0.727. The third-order valence-electron chi connectivity index (χ3n) is 5.10. The normalized spacial score (nSPS) is 63.3. The second-order valence-electron chi connectivity index (χ2n) is 5.08. The third kappa shape index (κ3) is 0.345. The topological polar surface area (TPSA) is 0 Å². The average molecular weight is 158 g/mol. The second kappa shape index (κ2) is 1.45. The average Bonchev–Trinajstić information content (AvgIpc) is 2.05. The van der Waals surface area contributed by atoms with E-state index in [1.54, 1.807) is 0 Å². The van der Waals surface area contributed by atoms with Crippen molar-refractivity contribution in [1.82, 2.24) is 0 Å². The SMILES string of the molecule is C1=CC23C=CC12C1CCC3CC1. The smallest absolute Gasteiger partial charge is 0.0218 e. The molecule has 0 N–H and O–H groups in total. The molecule has 62 valence electrons. The molecule has 0 spiro atoms. The molecule has 5 aliphatic rings. The molecule has 0 aromatic carbocycles. The molecule has 5 rings (SSSR count). The molecule has 0 atom stereocenters. The molecule has 0 nitrogen and oxygen atoms in total. The molecule has 0 heterocycles. The number of hydrogen-bond acceptors (Lipinski definition) is 0. The Balaban J connectivity index is 1.98. The Morgan fingerprint density at radius 1 is 0.667 bits per heavy atom.